The predicted octanol–water partition coefficient (Wildman–Crippen LogP) is 0.841. The maximum absolute atomic E-state index is 11.6. The third kappa shape index (κ3) is 3.68. The Kier molecular flexibility index (Phi) is 4.95. The van der Waals surface area contributed by atoms with Crippen LogP contribution in [0.4, 0.5) is 0 Å². The molecule has 2 heterocycles. The van der Waals surface area contributed by atoms with Gasteiger partial charge in [0.1, 0.15) is 0 Å². The molecule has 0 spiro atoms. The summed E-state index contributed by atoms with van der Waals surface area (Å²) in [5.41, 5.74) is 0. The molecule has 2 rings (SSSR count). The van der Waals surface area contributed by atoms with E-state index in [1.807, 2.05) is 0 Å². The van der Waals surface area contributed by atoms with E-state index in [4.69, 9.17) is 9.47 Å². The Morgan fingerprint density at radius 1 is 0.833 bits per heavy atom. The van der Waals surface area contributed by atoms with Crippen molar-refractivity contribution in [3.05, 3.63) is 0 Å². The van der Waals surface area contributed by atoms with Crippen LogP contribution >= 0.6 is 0 Å². The van der Waals surface area contributed by atoms with Crippen molar-refractivity contribution in [2.45, 2.75) is 25.7 Å². The molecule has 6 nitrogen and oxygen atoms in total. The van der Waals surface area contributed by atoms with E-state index in [0.29, 0.717) is 39.3 Å². The molecule has 0 bridgehead atoms. The van der Waals surface area contributed by atoms with Crippen molar-refractivity contribution >= 4 is 11.9 Å². The van der Waals surface area contributed by atoms with Gasteiger partial charge in [0.15, 0.2) is 0 Å². The average Bonchev–Trinajstić information content (AvgIpc) is 2.46. The Labute approximate surface area is 105 Å². The van der Waals surface area contributed by atoms with Crippen LogP contribution in [0.2, 0.25) is 0 Å². The number of ether oxygens (including phenoxy) is 2. The van der Waals surface area contributed by atoms with Gasteiger partial charge in [-0.2, -0.15) is 0 Å². The molecular formula is C12H18O6. The SMILES string of the molecule is O=C(OOC(=O)C1CCCOC1)C1CCCOC1. The van der Waals surface area contributed by atoms with Crippen molar-refractivity contribution in [2.75, 3.05) is 26.4 Å². The van der Waals surface area contributed by atoms with Gasteiger partial charge in [0.25, 0.3) is 0 Å². The van der Waals surface area contributed by atoms with Crippen LogP contribution in [0.25, 0.3) is 0 Å². The first-order chi connectivity index (χ1) is 8.77. The fraction of sp³-hybridized carbons (Fsp3) is 0.833. The molecule has 2 aliphatic heterocycles. The molecule has 102 valence electrons. The Balaban J connectivity index is 1.69. The fourth-order valence-electron chi connectivity index (χ4n) is 2.07. The Bertz CT molecular complexity index is 261. The van der Waals surface area contributed by atoms with Gasteiger partial charge in [-0.25, -0.2) is 19.4 Å². The molecule has 2 unspecified atom stereocenters. The minimum absolute atomic E-state index is 0.325. The van der Waals surface area contributed by atoms with E-state index >= 15 is 0 Å². The zero-order valence-electron chi connectivity index (χ0n) is 10.3. The van der Waals surface area contributed by atoms with Gasteiger partial charge in [-0.1, -0.05) is 0 Å². The number of hydrogen-bond acceptors (Lipinski definition) is 6. The molecule has 2 saturated heterocycles. The lowest BCUT2D eigenvalue weighted by atomic mass is 10.0. The van der Waals surface area contributed by atoms with Gasteiger partial charge in [-0.3, -0.25) is 0 Å². The third-order valence-electron chi connectivity index (χ3n) is 3.19. The summed E-state index contributed by atoms with van der Waals surface area (Å²) in [6.45, 7) is 2.01. The molecule has 2 atom stereocenters. The summed E-state index contributed by atoms with van der Waals surface area (Å²) in [5.74, 6) is -1.71. The number of rotatable bonds is 2. The lowest BCUT2D eigenvalue weighted by Crippen LogP contribution is -2.31. The molecular weight excluding hydrogens is 240 g/mol. The van der Waals surface area contributed by atoms with E-state index in [2.05, 4.69) is 9.78 Å². The van der Waals surface area contributed by atoms with Gasteiger partial charge < -0.3 is 9.47 Å². The molecule has 0 aromatic rings. The van der Waals surface area contributed by atoms with Gasteiger partial charge in [-0.15, -0.1) is 0 Å². The summed E-state index contributed by atoms with van der Waals surface area (Å²) < 4.78 is 10.3. The predicted molar refractivity (Wildman–Crippen MR) is 59.3 cm³/mol. The van der Waals surface area contributed by atoms with Crippen molar-refractivity contribution in [3.63, 3.8) is 0 Å². The molecule has 0 saturated carbocycles. The van der Waals surface area contributed by atoms with Crippen molar-refractivity contribution in [2.24, 2.45) is 11.8 Å². The molecule has 0 aromatic heterocycles. The van der Waals surface area contributed by atoms with E-state index < -0.39 is 11.9 Å². The Hall–Kier alpha value is -1.14. The third-order valence-corrected chi connectivity index (χ3v) is 3.19. The highest BCUT2D eigenvalue weighted by Gasteiger charge is 2.28. The van der Waals surface area contributed by atoms with E-state index in [9.17, 15) is 9.59 Å². The Morgan fingerprint density at radius 3 is 1.61 bits per heavy atom. The quantitative estimate of drug-likeness (QED) is 0.540. The van der Waals surface area contributed by atoms with Crippen LogP contribution in [0.1, 0.15) is 25.7 Å². The van der Waals surface area contributed by atoms with Crippen LogP contribution in [0, 0.1) is 11.8 Å². The second-order valence-corrected chi connectivity index (χ2v) is 4.63. The first kappa shape index (κ1) is 13.3. The van der Waals surface area contributed by atoms with Gasteiger partial charge >= 0.3 is 11.9 Å². The average molecular weight is 258 g/mol. The van der Waals surface area contributed by atoms with Crippen LogP contribution < -0.4 is 0 Å². The second-order valence-electron chi connectivity index (χ2n) is 4.63. The van der Waals surface area contributed by atoms with Gasteiger partial charge in [0.2, 0.25) is 0 Å². The zero-order chi connectivity index (χ0) is 12.8. The van der Waals surface area contributed by atoms with Gasteiger partial charge in [0.05, 0.1) is 25.0 Å². The zero-order valence-corrected chi connectivity index (χ0v) is 10.3. The first-order valence-electron chi connectivity index (χ1n) is 6.35. The van der Waals surface area contributed by atoms with Crippen LogP contribution in [0.3, 0.4) is 0 Å². The summed E-state index contributed by atoms with van der Waals surface area (Å²) in [6, 6.07) is 0. The molecule has 0 aliphatic carbocycles. The lowest BCUT2D eigenvalue weighted by molar-refractivity contribution is -0.268. The summed E-state index contributed by atoms with van der Waals surface area (Å²) in [7, 11) is 0. The van der Waals surface area contributed by atoms with Crippen molar-refractivity contribution < 1.29 is 28.8 Å². The molecule has 2 aliphatic rings. The Morgan fingerprint density at radius 2 is 1.28 bits per heavy atom. The van der Waals surface area contributed by atoms with Crippen molar-refractivity contribution in [3.8, 4) is 0 Å². The van der Waals surface area contributed by atoms with Crippen LogP contribution in [-0.4, -0.2) is 38.4 Å². The topological polar surface area (TPSA) is 71.1 Å². The summed E-state index contributed by atoms with van der Waals surface area (Å²) in [4.78, 5) is 32.3. The smallest absolute Gasteiger partial charge is 0.360 e. The molecule has 2 fully saturated rings. The fourth-order valence-corrected chi connectivity index (χ4v) is 2.07. The highest BCUT2D eigenvalue weighted by Crippen LogP contribution is 2.17. The molecule has 18 heavy (non-hydrogen) atoms. The monoisotopic (exact) mass is 258 g/mol. The molecule has 0 aromatic carbocycles. The maximum atomic E-state index is 11.6. The highest BCUT2D eigenvalue weighted by molar-refractivity contribution is 5.76. The molecule has 0 radical (unpaired) electrons. The van der Waals surface area contributed by atoms with Crippen molar-refractivity contribution in [1.82, 2.24) is 0 Å². The summed E-state index contributed by atoms with van der Waals surface area (Å²) >= 11 is 0. The minimum atomic E-state index is -0.528. The summed E-state index contributed by atoms with van der Waals surface area (Å²) in [6.07, 6.45) is 3.07. The standard InChI is InChI=1S/C12H18O6/c13-11(9-3-1-5-15-7-9)17-18-12(14)10-4-2-6-16-8-10/h9-10H,1-8H2. The van der Waals surface area contributed by atoms with E-state index in [1.54, 1.807) is 0 Å². The van der Waals surface area contributed by atoms with Crippen molar-refractivity contribution in [1.29, 1.82) is 0 Å². The number of carbonyl (C=O) groups is 2. The van der Waals surface area contributed by atoms with Crippen LogP contribution in [0.5, 0.6) is 0 Å². The molecule has 0 amide bonds. The maximum Gasteiger partial charge on any atom is 0.360 e. The highest BCUT2D eigenvalue weighted by atomic mass is 17.2. The van der Waals surface area contributed by atoms with Crippen LogP contribution in [-0.2, 0) is 28.8 Å². The minimum Gasteiger partial charge on any atom is -0.381 e. The van der Waals surface area contributed by atoms with E-state index in [-0.39, 0.29) is 11.8 Å². The number of hydrogen-bond donors (Lipinski definition) is 0. The number of carbonyl (C=O) groups excluding carboxylic acids is 2. The molecule has 6 heteroatoms. The second kappa shape index (κ2) is 6.70. The van der Waals surface area contributed by atoms with E-state index in [1.165, 1.54) is 0 Å². The van der Waals surface area contributed by atoms with Gasteiger partial charge in [0, 0.05) is 13.2 Å². The normalized spacial score (nSPS) is 28.4. The largest absolute Gasteiger partial charge is 0.381 e. The van der Waals surface area contributed by atoms with Gasteiger partial charge in [-0.05, 0) is 25.7 Å². The van der Waals surface area contributed by atoms with Crippen LogP contribution in [0.15, 0.2) is 0 Å². The first-order valence-corrected chi connectivity index (χ1v) is 6.35. The lowest BCUT2D eigenvalue weighted by Gasteiger charge is -2.21. The van der Waals surface area contributed by atoms with E-state index in [0.717, 1.165) is 12.8 Å². The summed E-state index contributed by atoms with van der Waals surface area (Å²) in [5, 5.41) is 0. The molecule has 0 N–H and O–H groups in total.